The van der Waals surface area contributed by atoms with Crippen LogP contribution in [0.1, 0.15) is 28.8 Å². The van der Waals surface area contributed by atoms with E-state index >= 15 is 0 Å². The van der Waals surface area contributed by atoms with Gasteiger partial charge in [-0.05, 0) is 34.9 Å². The van der Waals surface area contributed by atoms with Crippen molar-refractivity contribution in [2.24, 2.45) is 0 Å². The first kappa shape index (κ1) is 16.8. The molecule has 3 N–H and O–H groups in total. The fourth-order valence-electron chi connectivity index (χ4n) is 3.12. The Morgan fingerprint density at radius 2 is 2.30 bits per heavy atom. The third-order valence-corrected chi connectivity index (χ3v) is 4.58. The molecule has 1 aliphatic heterocycles. The van der Waals surface area contributed by atoms with E-state index in [9.17, 15) is 10.1 Å². The van der Waals surface area contributed by atoms with Gasteiger partial charge in [-0.1, -0.05) is 6.07 Å². The highest BCUT2D eigenvalue weighted by molar-refractivity contribution is 5.85. The summed E-state index contributed by atoms with van der Waals surface area (Å²) in [7, 11) is 0. The van der Waals surface area contributed by atoms with Crippen molar-refractivity contribution < 1.29 is 14.2 Å². The van der Waals surface area contributed by atoms with Crippen molar-refractivity contribution in [3.63, 3.8) is 0 Å². The summed E-state index contributed by atoms with van der Waals surface area (Å²) < 4.78 is 10.5. The largest absolute Gasteiger partial charge is 0.479 e. The molecule has 1 atom stereocenters. The molecule has 0 bridgehead atoms. The lowest BCUT2D eigenvalue weighted by atomic mass is 10.00. The summed E-state index contributed by atoms with van der Waals surface area (Å²) in [5, 5.41) is 19.6. The molecule has 1 fully saturated rings. The van der Waals surface area contributed by atoms with Crippen LogP contribution in [-0.4, -0.2) is 33.9 Å². The number of anilines is 1. The van der Waals surface area contributed by atoms with Gasteiger partial charge in [0.15, 0.2) is 11.6 Å². The standard InChI is InChI=1S/C18H16N6O3/c1-9-12(15(20)16-17(22-9)24-27-23-16)6-10-2-3-11(8-19)14(7-10)26-13-4-5-21-18(13)25/h2-3,7,13H,4-6,20H2,1H3,(H,21,25)/t13-/m0/s1. The van der Waals surface area contributed by atoms with Crippen LogP contribution in [0.15, 0.2) is 22.8 Å². The molecule has 9 heteroatoms. The Morgan fingerprint density at radius 3 is 3.04 bits per heavy atom. The normalized spacial score (nSPS) is 16.3. The topological polar surface area (TPSA) is 140 Å². The van der Waals surface area contributed by atoms with Gasteiger partial charge in [0, 0.05) is 30.6 Å². The highest BCUT2D eigenvalue weighted by atomic mass is 16.6. The first-order chi connectivity index (χ1) is 13.1. The molecule has 9 nitrogen and oxygen atoms in total. The van der Waals surface area contributed by atoms with E-state index in [1.54, 1.807) is 12.1 Å². The number of fused-ring (bicyclic) bond motifs is 1. The number of nitrogen functional groups attached to an aromatic ring is 1. The van der Waals surface area contributed by atoms with Crippen LogP contribution in [0.4, 0.5) is 5.69 Å². The molecule has 1 amide bonds. The second-order valence-corrected chi connectivity index (χ2v) is 6.33. The number of aryl methyl sites for hydroxylation is 1. The van der Waals surface area contributed by atoms with E-state index in [4.69, 9.17) is 15.1 Å². The SMILES string of the molecule is Cc1nc2nonc2c(N)c1Cc1ccc(C#N)c(O[C@H]2CCNC2=O)c1. The number of nitrogens with one attached hydrogen (secondary N) is 1. The van der Waals surface area contributed by atoms with Gasteiger partial charge in [0.1, 0.15) is 11.8 Å². The molecule has 0 saturated carbocycles. The van der Waals surface area contributed by atoms with Crippen molar-refractivity contribution in [2.75, 3.05) is 12.3 Å². The predicted molar refractivity (Wildman–Crippen MR) is 94.8 cm³/mol. The number of nitrogens with two attached hydrogens (primary N) is 1. The zero-order chi connectivity index (χ0) is 19.0. The van der Waals surface area contributed by atoms with Gasteiger partial charge in [0.25, 0.3) is 5.91 Å². The minimum absolute atomic E-state index is 0.169. The number of nitriles is 1. The number of hydrogen-bond acceptors (Lipinski definition) is 8. The van der Waals surface area contributed by atoms with Crippen LogP contribution in [-0.2, 0) is 11.2 Å². The van der Waals surface area contributed by atoms with Gasteiger partial charge in [0.2, 0.25) is 5.65 Å². The Morgan fingerprint density at radius 1 is 1.44 bits per heavy atom. The number of carbonyl (C=O) groups excluding carboxylic acids is 1. The third-order valence-electron chi connectivity index (χ3n) is 4.58. The number of ether oxygens (including phenoxy) is 1. The fourth-order valence-corrected chi connectivity index (χ4v) is 3.12. The maximum atomic E-state index is 11.8. The first-order valence-electron chi connectivity index (χ1n) is 8.41. The van der Waals surface area contributed by atoms with E-state index in [1.807, 2.05) is 13.0 Å². The van der Waals surface area contributed by atoms with Crippen LogP contribution in [0.3, 0.4) is 0 Å². The van der Waals surface area contributed by atoms with Gasteiger partial charge in [-0.25, -0.2) is 9.61 Å². The first-order valence-corrected chi connectivity index (χ1v) is 8.41. The summed E-state index contributed by atoms with van der Waals surface area (Å²) in [6.07, 6.45) is 0.449. The summed E-state index contributed by atoms with van der Waals surface area (Å²) >= 11 is 0. The lowest BCUT2D eigenvalue weighted by molar-refractivity contribution is -0.124. The monoisotopic (exact) mass is 364 g/mol. The van der Waals surface area contributed by atoms with Gasteiger partial charge >= 0.3 is 0 Å². The minimum atomic E-state index is -0.585. The molecule has 27 heavy (non-hydrogen) atoms. The molecule has 0 unspecified atom stereocenters. The average molecular weight is 364 g/mol. The van der Waals surface area contributed by atoms with Crippen molar-refractivity contribution in [1.82, 2.24) is 20.6 Å². The molecular weight excluding hydrogens is 348 g/mol. The van der Waals surface area contributed by atoms with Crippen molar-refractivity contribution in [1.29, 1.82) is 5.26 Å². The number of nitrogens with zero attached hydrogens (tertiary/aromatic N) is 4. The van der Waals surface area contributed by atoms with Crippen LogP contribution in [0.2, 0.25) is 0 Å². The van der Waals surface area contributed by atoms with Gasteiger partial charge in [-0.3, -0.25) is 4.79 Å². The van der Waals surface area contributed by atoms with Gasteiger partial charge in [0.05, 0.1) is 11.3 Å². The summed E-state index contributed by atoms with van der Waals surface area (Å²) in [5.74, 6) is 0.211. The quantitative estimate of drug-likeness (QED) is 0.704. The zero-order valence-electron chi connectivity index (χ0n) is 14.5. The van der Waals surface area contributed by atoms with E-state index in [0.717, 1.165) is 16.8 Å². The molecule has 136 valence electrons. The molecule has 3 heterocycles. The van der Waals surface area contributed by atoms with Crippen LogP contribution in [0.25, 0.3) is 11.2 Å². The van der Waals surface area contributed by atoms with Crippen molar-refractivity contribution in [3.8, 4) is 11.8 Å². The van der Waals surface area contributed by atoms with E-state index < -0.39 is 6.10 Å². The van der Waals surface area contributed by atoms with E-state index in [-0.39, 0.29) is 5.91 Å². The van der Waals surface area contributed by atoms with Gasteiger partial charge in [-0.2, -0.15) is 5.26 Å². The third kappa shape index (κ3) is 3.01. The molecule has 1 aromatic carbocycles. The van der Waals surface area contributed by atoms with Crippen LogP contribution in [0, 0.1) is 18.3 Å². The van der Waals surface area contributed by atoms with E-state index in [2.05, 4.69) is 26.7 Å². The van der Waals surface area contributed by atoms with E-state index in [1.165, 1.54) is 0 Å². The Labute approximate surface area is 154 Å². The number of carbonyl (C=O) groups is 1. The number of benzene rings is 1. The summed E-state index contributed by atoms with van der Waals surface area (Å²) in [5.41, 5.74) is 10.2. The Hall–Kier alpha value is -3.67. The summed E-state index contributed by atoms with van der Waals surface area (Å²) in [4.78, 5) is 16.1. The van der Waals surface area contributed by atoms with Crippen LogP contribution in [0.5, 0.6) is 5.75 Å². The van der Waals surface area contributed by atoms with Gasteiger partial charge < -0.3 is 15.8 Å². The smallest absolute Gasteiger partial charge is 0.261 e. The number of rotatable bonds is 4. The van der Waals surface area contributed by atoms with E-state index in [0.29, 0.717) is 47.6 Å². The molecule has 1 saturated heterocycles. The lowest BCUT2D eigenvalue weighted by Crippen LogP contribution is -2.27. The second-order valence-electron chi connectivity index (χ2n) is 6.33. The fraction of sp³-hybridized carbons (Fsp3) is 0.278. The van der Waals surface area contributed by atoms with Crippen molar-refractivity contribution in [3.05, 3.63) is 40.6 Å². The van der Waals surface area contributed by atoms with Crippen LogP contribution < -0.4 is 15.8 Å². The number of amides is 1. The molecule has 0 spiro atoms. The molecule has 2 aromatic heterocycles. The highest BCUT2D eigenvalue weighted by Crippen LogP contribution is 2.28. The molecule has 3 aromatic rings. The zero-order valence-corrected chi connectivity index (χ0v) is 14.5. The molecule has 0 radical (unpaired) electrons. The Balaban J connectivity index is 1.68. The highest BCUT2D eigenvalue weighted by Gasteiger charge is 2.27. The average Bonchev–Trinajstić information content (AvgIpc) is 3.28. The Bertz CT molecular complexity index is 1080. The second kappa shape index (κ2) is 6.57. The maximum absolute atomic E-state index is 11.8. The van der Waals surface area contributed by atoms with Crippen molar-refractivity contribution >= 4 is 22.8 Å². The summed E-state index contributed by atoms with van der Waals surface area (Å²) in [6.45, 7) is 2.40. The summed E-state index contributed by atoms with van der Waals surface area (Å²) in [6, 6.07) is 7.35. The minimum Gasteiger partial charge on any atom is -0.479 e. The van der Waals surface area contributed by atoms with Crippen molar-refractivity contribution in [2.45, 2.75) is 25.9 Å². The lowest BCUT2D eigenvalue weighted by Gasteiger charge is -2.14. The number of aromatic nitrogens is 3. The molecule has 4 rings (SSSR count). The molecule has 1 aliphatic rings. The number of hydrogen-bond donors (Lipinski definition) is 2. The van der Waals surface area contributed by atoms with Crippen LogP contribution >= 0.6 is 0 Å². The van der Waals surface area contributed by atoms with Gasteiger partial charge in [-0.15, -0.1) is 0 Å². The predicted octanol–water partition coefficient (Wildman–Crippen LogP) is 1.24. The number of pyridine rings is 1. The Kier molecular flexibility index (Phi) is 4.08. The molecule has 0 aliphatic carbocycles. The molecular formula is C18H16N6O3. The maximum Gasteiger partial charge on any atom is 0.261 e.